The lowest BCUT2D eigenvalue weighted by atomic mass is 9.78. The van der Waals surface area contributed by atoms with Gasteiger partial charge < -0.3 is 10.4 Å². The predicted molar refractivity (Wildman–Crippen MR) is 86.9 cm³/mol. The van der Waals surface area contributed by atoms with Gasteiger partial charge in [0.1, 0.15) is 0 Å². The summed E-state index contributed by atoms with van der Waals surface area (Å²) < 4.78 is 0. The molecule has 0 aromatic heterocycles. The number of amides is 1. The van der Waals surface area contributed by atoms with Crippen molar-refractivity contribution in [3.05, 3.63) is 29.8 Å². The summed E-state index contributed by atoms with van der Waals surface area (Å²) in [5.74, 6) is -1.48. The summed E-state index contributed by atoms with van der Waals surface area (Å²) in [6.45, 7) is 4.32. The molecule has 1 fully saturated rings. The van der Waals surface area contributed by atoms with Crippen LogP contribution < -0.4 is 5.32 Å². The van der Waals surface area contributed by atoms with Crippen LogP contribution in [0.15, 0.2) is 24.3 Å². The van der Waals surface area contributed by atoms with Crippen LogP contribution >= 0.6 is 0 Å². The highest BCUT2D eigenvalue weighted by molar-refractivity contribution is 5.95. The summed E-state index contributed by atoms with van der Waals surface area (Å²) in [4.78, 5) is 23.7. The Bertz CT molecular complexity index is 524. The number of hydrogen-bond acceptors (Lipinski definition) is 2. The first-order valence-electron chi connectivity index (χ1n) is 8.16. The number of anilines is 1. The fourth-order valence-electron chi connectivity index (χ4n) is 3.11. The third kappa shape index (κ3) is 3.87. The molecule has 1 saturated carbocycles. The normalized spacial score (nSPS) is 22.8. The number of carboxylic acids is 1. The van der Waals surface area contributed by atoms with Gasteiger partial charge in [-0.1, -0.05) is 38.8 Å². The monoisotopic (exact) mass is 303 g/mol. The zero-order valence-corrected chi connectivity index (χ0v) is 13.3. The van der Waals surface area contributed by atoms with Gasteiger partial charge in [0.25, 0.3) is 0 Å². The fourth-order valence-corrected chi connectivity index (χ4v) is 3.11. The van der Waals surface area contributed by atoms with Gasteiger partial charge in [-0.05, 0) is 42.9 Å². The Morgan fingerprint density at radius 3 is 2.32 bits per heavy atom. The molecular weight excluding hydrogens is 278 g/mol. The maximum Gasteiger partial charge on any atom is 0.307 e. The molecule has 120 valence electrons. The second kappa shape index (κ2) is 7.43. The van der Waals surface area contributed by atoms with E-state index < -0.39 is 17.8 Å². The van der Waals surface area contributed by atoms with Crippen molar-refractivity contribution in [3.8, 4) is 0 Å². The molecule has 0 saturated heterocycles. The smallest absolute Gasteiger partial charge is 0.307 e. The first kappa shape index (κ1) is 16.5. The number of carbonyl (C=O) groups is 2. The second-order valence-corrected chi connectivity index (χ2v) is 6.26. The Kier molecular flexibility index (Phi) is 5.58. The van der Waals surface area contributed by atoms with Gasteiger partial charge in [-0.25, -0.2) is 0 Å². The lowest BCUT2D eigenvalue weighted by Crippen LogP contribution is -2.36. The van der Waals surface area contributed by atoms with Crippen molar-refractivity contribution in [1.29, 1.82) is 0 Å². The van der Waals surface area contributed by atoms with E-state index in [1.807, 2.05) is 24.3 Å². The number of nitrogens with one attached hydrogen (secondary N) is 1. The van der Waals surface area contributed by atoms with E-state index in [-0.39, 0.29) is 5.91 Å². The Morgan fingerprint density at radius 1 is 1.18 bits per heavy atom. The maximum atomic E-state index is 12.4. The highest BCUT2D eigenvalue weighted by Gasteiger charge is 2.35. The van der Waals surface area contributed by atoms with Gasteiger partial charge in [0.2, 0.25) is 5.91 Å². The minimum atomic E-state index is -0.855. The third-order valence-electron chi connectivity index (χ3n) is 4.78. The highest BCUT2D eigenvalue weighted by Crippen LogP contribution is 2.31. The molecule has 3 atom stereocenters. The van der Waals surface area contributed by atoms with Gasteiger partial charge in [0, 0.05) is 5.69 Å². The molecule has 0 unspecified atom stereocenters. The maximum absolute atomic E-state index is 12.4. The quantitative estimate of drug-likeness (QED) is 0.863. The van der Waals surface area contributed by atoms with Gasteiger partial charge in [0.05, 0.1) is 11.8 Å². The molecule has 0 bridgehead atoms. The molecule has 1 amide bonds. The van der Waals surface area contributed by atoms with Crippen LogP contribution in [0.5, 0.6) is 0 Å². The molecule has 0 spiro atoms. The van der Waals surface area contributed by atoms with Crippen LogP contribution in [0.1, 0.15) is 57.4 Å². The average Bonchev–Trinajstić information content (AvgIpc) is 2.54. The molecule has 0 heterocycles. The number of hydrogen-bond donors (Lipinski definition) is 2. The lowest BCUT2D eigenvalue weighted by Gasteiger charge is -2.27. The van der Waals surface area contributed by atoms with E-state index in [2.05, 4.69) is 19.2 Å². The SMILES string of the molecule is CC[C@H](C)c1ccc(NC(=O)[C@H]2CCCC[C@H]2C(=O)O)cc1. The summed E-state index contributed by atoms with van der Waals surface area (Å²) >= 11 is 0. The molecule has 0 radical (unpaired) electrons. The van der Waals surface area contributed by atoms with E-state index in [1.54, 1.807) is 0 Å². The first-order chi connectivity index (χ1) is 10.5. The summed E-state index contributed by atoms with van der Waals surface area (Å²) in [6.07, 6.45) is 4.15. The van der Waals surface area contributed by atoms with Crippen LogP contribution in [0.4, 0.5) is 5.69 Å². The number of aliphatic carboxylic acids is 1. The zero-order chi connectivity index (χ0) is 16.1. The molecule has 1 aromatic rings. The third-order valence-corrected chi connectivity index (χ3v) is 4.78. The number of carbonyl (C=O) groups excluding carboxylic acids is 1. The van der Waals surface area contributed by atoms with Gasteiger partial charge >= 0.3 is 5.97 Å². The average molecular weight is 303 g/mol. The topological polar surface area (TPSA) is 66.4 Å². The highest BCUT2D eigenvalue weighted by atomic mass is 16.4. The standard InChI is InChI=1S/C18H25NO3/c1-3-12(2)13-8-10-14(11-9-13)19-17(20)15-6-4-5-7-16(15)18(21)22/h8-12,15-16H,3-7H2,1-2H3,(H,19,20)(H,21,22)/t12-,15-,16+/m0/s1. The summed E-state index contributed by atoms with van der Waals surface area (Å²) in [5.41, 5.74) is 1.99. The minimum absolute atomic E-state index is 0.164. The summed E-state index contributed by atoms with van der Waals surface area (Å²) in [6, 6.07) is 7.86. The van der Waals surface area contributed by atoms with Crippen molar-refractivity contribution >= 4 is 17.6 Å². The zero-order valence-electron chi connectivity index (χ0n) is 13.3. The first-order valence-corrected chi connectivity index (χ1v) is 8.16. The van der Waals surface area contributed by atoms with Gasteiger partial charge in [-0.15, -0.1) is 0 Å². The molecule has 4 nitrogen and oxygen atoms in total. The Labute approximate surface area is 131 Å². The largest absolute Gasteiger partial charge is 0.481 e. The molecule has 0 aliphatic heterocycles. The van der Waals surface area contributed by atoms with Crippen molar-refractivity contribution < 1.29 is 14.7 Å². The lowest BCUT2D eigenvalue weighted by molar-refractivity contribution is -0.147. The molecule has 2 N–H and O–H groups in total. The van der Waals surface area contributed by atoms with Crippen molar-refractivity contribution in [1.82, 2.24) is 0 Å². The van der Waals surface area contributed by atoms with Crippen molar-refractivity contribution in [2.75, 3.05) is 5.32 Å². The van der Waals surface area contributed by atoms with Gasteiger partial charge in [-0.3, -0.25) is 9.59 Å². The predicted octanol–water partition coefficient (Wildman–Crippen LogP) is 4.03. The molecule has 1 aliphatic rings. The van der Waals surface area contributed by atoms with E-state index >= 15 is 0 Å². The molecule has 2 rings (SSSR count). The van der Waals surface area contributed by atoms with Crippen LogP contribution in [-0.4, -0.2) is 17.0 Å². The summed E-state index contributed by atoms with van der Waals surface area (Å²) in [5, 5.41) is 12.1. The number of benzene rings is 1. The molecular formula is C18H25NO3. The van der Waals surface area contributed by atoms with Crippen LogP contribution in [0.25, 0.3) is 0 Å². The number of carboxylic acid groups (broad SMARTS) is 1. The van der Waals surface area contributed by atoms with E-state index in [9.17, 15) is 14.7 Å². The van der Waals surface area contributed by atoms with E-state index in [1.165, 1.54) is 5.56 Å². The Balaban J connectivity index is 2.03. The van der Waals surface area contributed by atoms with Crippen LogP contribution in [0.2, 0.25) is 0 Å². The Morgan fingerprint density at radius 2 is 1.77 bits per heavy atom. The molecule has 22 heavy (non-hydrogen) atoms. The van der Waals surface area contributed by atoms with E-state index in [0.29, 0.717) is 18.8 Å². The van der Waals surface area contributed by atoms with Crippen molar-refractivity contribution in [3.63, 3.8) is 0 Å². The van der Waals surface area contributed by atoms with E-state index in [0.717, 1.165) is 24.9 Å². The molecule has 1 aromatic carbocycles. The van der Waals surface area contributed by atoms with Crippen LogP contribution in [0, 0.1) is 11.8 Å². The number of rotatable bonds is 5. The molecule has 4 heteroatoms. The van der Waals surface area contributed by atoms with Gasteiger partial charge in [-0.2, -0.15) is 0 Å². The van der Waals surface area contributed by atoms with Crippen molar-refractivity contribution in [2.24, 2.45) is 11.8 Å². The Hall–Kier alpha value is -1.84. The molecule has 1 aliphatic carbocycles. The van der Waals surface area contributed by atoms with Crippen LogP contribution in [-0.2, 0) is 9.59 Å². The van der Waals surface area contributed by atoms with Crippen LogP contribution in [0.3, 0.4) is 0 Å². The van der Waals surface area contributed by atoms with Gasteiger partial charge in [0.15, 0.2) is 0 Å². The fraction of sp³-hybridized carbons (Fsp3) is 0.556. The van der Waals surface area contributed by atoms with E-state index in [4.69, 9.17) is 0 Å². The van der Waals surface area contributed by atoms with Crippen molar-refractivity contribution in [2.45, 2.75) is 51.9 Å². The minimum Gasteiger partial charge on any atom is -0.481 e. The summed E-state index contributed by atoms with van der Waals surface area (Å²) in [7, 11) is 0. The second-order valence-electron chi connectivity index (χ2n) is 6.26.